The fourth-order valence-corrected chi connectivity index (χ4v) is 2.21. The highest BCUT2D eigenvalue weighted by molar-refractivity contribution is 7.10. The fraction of sp³-hybridized carbons (Fsp3) is 0.214. The zero-order chi connectivity index (χ0) is 15.2. The molecule has 2 aromatic heterocycles. The van der Waals surface area contributed by atoms with E-state index in [-0.39, 0.29) is 5.56 Å². The number of carbonyl (C=O) groups is 1. The van der Waals surface area contributed by atoms with E-state index in [1.165, 1.54) is 38.7 Å². The second-order valence-corrected chi connectivity index (χ2v) is 4.75. The Labute approximate surface area is 126 Å². The van der Waals surface area contributed by atoms with Crippen LogP contribution >= 0.6 is 11.3 Å². The van der Waals surface area contributed by atoms with Crippen molar-refractivity contribution in [1.82, 2.24) is 9.97 Å². The molecule has 0 amide bonds. The van der Waals surface area contributed by atoms with E-state index < -0.39 is 5.97 Å². The summed E-state index contributed by atoms with van der Waals surface area (Å²) in [7, 11) is 4.27. The third-order valence-corrected chi connectivity index (χ3v) is 3.38. The molecular formula is C14H14N2O4S. The van der Waals surface area contributed by atoms with E-state index in [4.69, 9.17) is 14.2 Å². The first-order valence-electron chi connectivity index (χ1n) is 5.98. The Morgan fingerprint density at radius 1 is 1.24 bits per heavy atom. The second-order valence-electron chi connectivity index (χ2n) is 3.82. The Bertz CT molecular complexity index is 653. The third kappa shape index (κ3) is 3.38. The molecule has 110 valence electrons. The maximum atomic E-state index is 11.9. The number of rotatable bonds is 5. The summed E-state index contributed by atoms with van der Waals surface area (Å²) in [5.74, 6) is 0.159. The number of aromatic nitrogens is 2. The molecule has 0 radical (unpaired) electrons. The highest BCUT2D eigenvalue weighted by Gasteiger charge is 2.20. The Hall–Kier alpha value is -2.41. The van der Waals surface area contributed by atoms with Crippen LogP contribution in [0, 0.1) is 0 Å². The lowest BCUT2D eigenvalue weighted by molar-refractivity contribution is 0.0596. The van der Waals surface area contributed by atoms with Crippen LogP contribution in [-0.4, -0.2) is 37.3 Å². The molecule has 0 spiro atoms. The van der Waals surface area contributed by atoms with Crippen molar-refractivity contribution in [2.75, 3.05) is 21.3 Å². The summed E-state index contributed by atoms with van der Waals surface area (Å²) in [5.41, 5.74) is 0.641. The number of carbonyl (C=O) groups excluding carboxylic acids is 1. The highest BCUT2D eigenvalue weighted by atomic mass is 32.1. The molecule has 21 heavy (non-hydrogen) atoms. The smallest absolute Gasteiger partial charge is 0.343 e. The van der Waals surface area contributed by atoms with Crippen LogP contribution in [0.3, 0.4) is 0 Å². The molecule has 6 nitrogen and oxygen atoms in total. The average molecular weight is 306 g/mol. The predicted octanol–water partition coefficient (Wildman–Crippen LogP) is 2.51. The van der Waals surface area contributed by atoms with E-state index in [0.29, 0.717) is 17.3 Å². The lowest BCUT2D eigenvalue weighted by atomic mass is 10.1. The van der Waals surface area contributed by atoms with Crippen LogP contribution < -0.4 is 9.47 Å². The number of hydrogen-bond acceptors (Lipinski definition) is 7. The van der Waals surface area contributed by atoms with Crippen molar-refractivity contribution < 1.29 is 19.0 Å². The average Bonchev–Trinajstić information content (AvgIpc) is 3.04. The molecule has 0 aliphatic carbocycles. The number of esters is 1. The van der Waals surface area contributed by atoms with E-state index in [0.717, 1.165) is 5.01 Å². The van der Waals surface area contributed by atoms with Crippen LogP contribution in [0.2, 0.25) is 0 Å². The molecule has 0 aliphatic heterocycles. The topological polar surface area (TPSA) is 70.5 Å². The number of hydrogen-bond donors (Lipinski definition) is 0. The van der Waals surface area contributed by atoms with E-state index >= 15 is 0 Å². The van der Waals surface area contributed by atoms with Gasteiger partial charge in [0.15, 0.2) is 0 Å². The largest absolute Gasteiger partial charge is 0.496 e. The zero-order valence-corrected chi connectivity index (χ0v) is 12.6. The van der Waals surface area contributed by atoms with Gasteiger partial charge in [0.1, 0.15) is 16.3 Å². The molecule has 0 bridgehead atoms. The van der Waals surface area contributed by atoms with Gasteiger partial charge in [-0.3, -0.25) is 0 Å². The van der Waals surface area contributed by atoms with Gasteiger partial charge in [-0.2, -0.15) is 0 Å². The van der Waals surface area contributed by atoms with Crippen LogP contribution in [0.4, 0.5) is 0 Å². The summed E-state index contributed by atoms with van der Waals surface area (Å²) < 4.78 is 15.1. The Morgan fingerprint density at radius 3 is 2.62 bits per heavy atom. The van der Waals surface area contributed by atoms with E-state index in [2.05, 4.69) is 9.97 Å². The summed E-state index contributed by atoms with van der Waals surface area (Å²) in [5, 5.41) is 2.66. The lowest BCUT2D eigenvalue weighted by Gasteiger charge is -2.11. The molecular weight excluding hydrogens is 292 g/mol. The van der Waals surface area contributed by atoms with Crippen molar-refractivity contribution in [1.29, 1.82) is 0 Å². The number of ether oxygens (including phenoxy) is 3. The van der Waals surface area contributed by atoms with Crippen LogP contribution in [0.15, 0.2) is 17.6 Å². The molecule has 0 aromatic carbocycles. The van der Waals surface area contributed by atoms with Crippen LogP contribution in [0.5, 0.6) is 11.6 Å². The minimum atomic E-state index is -0.527. The van der Waals surface area contributed by atoms with Crippen molar-refractivity contribution >= 4 is 29.5 Å². The molecule has 0 saturated carbocycles. The number of pyridine rings is 1. The maximum absolute atomic E-state index is 11.9. The summed E-state index contributed by atoms with van der Waals surface area (Å²) >= 11 is 1.48. The molecule has 0 unspecified atom stereocenters. The van der Waals surface area contributed by atoms with E-state index in [1.54, 1.807) is 18.3 Å². The van der Waals surface area contributed by atoms with Gasteiger partial charge in [0.2, 0.25) is 5.88 Å². The van der Waals surface area contributed by atoms with Crippen molar-refractivity contribution in [3.8, 4) is 11.6 Å². The van der Waals surface area contributed by atoms with Crippen molar-refractivity contribution in [2.45, 2.75) is 0 Å². The van der Waals surface area contributed by atoms with Gasteiger partial charge in [0, 0.05) is 17.6 Å². The Morgan fingerprint density at radius 2 is 2.05 bits per heavy atom. The second kappa shape index (κ2) is 6.85. The molecule has 0 N–H and O–H groups in total. The monoisotopic (exact) mass is 306 g/mol. The predicted molar refractivity (Wildman–Crippen MR) is 79.7 cm³/mol. The van der Waals surface area contributed by atoms with Gasteiger partial charge in [-0.15, -0.1) is 11.3 Å². The van der Waals surface area contributed by atoms with Gasteiger partial charge in [0.05, 0.1) is 27.0 Å². The van der Waals surface area contributed by atoms with E-state index in [9.17, 15) is 4.79 Å². The first kappa shape index (κ1) is 15.0. The maximum Gasteiger partial charge on any atom is 0.343 e. The number of nitrogens with zero attached hydrogens (tertiary/aromatic N) is 2. The highest BCUT2D eigenvalue weighted by Crippen LogP contribution is 2.28. The van der Waals surface area contributed by atoms with Gasteiger partial charge in [-0.1, -0.05) is 0 Å². The van der Waals surface area contributed by atoms with Crippen molar-refractivity contribution in [3.63, 3.8) is 0 Å². The first-order chi connectivity index (χ1) is 10.2. The molecule has 2 rings (SSSR count). The summed E-state index contributed by atoms with van der Waals surface area (Å²) in [6.45, 7) is 0. The minimum Gasteiger partial charge on any atom is -0.496 e. The van der Waals surface area contributed by atoms with Gasteiger partial charge in [-0.05, 0) is 12.2 Å². The molecule has 2 aromatic rings. The lowest BCUT2D eigenvalue weighted by Crippen LogP contribution is -2.09. The zero-order valence-electron chi connectivity index (χ0n) is 11.8. The minimum absolute atomic E-state index is 0.244. The van der Waals surface area contributed by atoms with Crippen LogP contribution in [0.25, 0.3) is 12.2 Å². The Balaban J connectivity index is 2.52. The standard InChI is InChI=1S/C14H14N2O4S/c1-18-10-8-11(19-2)16-9(13(10)14(17)20-3)4-5-12-15-6-7-21-12/h4-8H,1-3H3/b5-4+. The third-order valence-electron chi connectivity index (χ3n) is 2.64. The number of thiazole rings is 1. The molecule has 0 aliphatic rings. The molecule has 7 heteroatoms. The van der Waals surface area contributed by atoms with Crippen LogP contribution in [0.1, 0.15) is 21.1 Å². The normalized spacial score (nSPS) is 10.6. The molecule has 0 atom stereocenters. The Kier molecular flexibility index (Phi) is 4.89. The molecule has 2 heterocycles. The van der Waals surface area contributed by atoms with Gasteiger partial charge < -0.3 is 14.2 Å². The number of methoxy groups -OCH3 is 3. The SMILES string of the molecule is COC(=O)c1c(OC)cc(OC)nc1/C=C/c1nccs1. The first-order valence-corrected chi connectivity index (χ1v) is 6.86. The molecule has 0 saturated heterocycles. The quantitative estimate of drug-likeness (QED) is 0.791. The summed E-state index contributed by atoms with van der Waals surface area (Å²) in [6, 6.07) is 1.53. The van der Waals surface area contributed by atoms with Gasteiger partial charge in [-0.25, -0.2) is 14.8 Å². The van der Waals surface area contributed by atoms with Crippen LogP contribution in [-0.2, 0) is 4.74 Å². The van der Waals surface area contributed by atoms with Crippen molar-refractivity contribution in [3.05, 3.63) is 33.9 Å². The summed E-state index contributed by atoms with van der Waals surface area (Å²) in [4.78, 5) is 20.3. The van der Waals surface area contributed by atoms with Gasteiger partial charge in [0.25, 0.3) is 0 Å². The fourth-order valence-electron chi connectivity index (χ4n) is 1.68. The van der Waals surface area contributed by atoms with Gasteiger partial charge >= 0.3 is 5.97 Å². The van der Waals surface area contributed by atoms with E-state index in [1.807, 2.05) is 5.38 Å². The molecule has 0 fully saturated rings. The van der Waals surface area contributed by atoms with Crippen molar-refractivity contribution in [2.24, 2.45) is 0 Å². The summed E-state index contributed by atoms with van der Waals surface area (Å²) in [6.07, 6.45) is 5.14.